The van der Waals surface area contributed by atoms with Gasteiger partial charge in [-0.25, -0.2) is 0 Å². The fourth-order valence-electron chi connectivity index (χ4n) is 2.25. The number of methoxy groups -OCH3 is 1. The van der Waals surface area contributed by atoms with Crippen LogP contribution in [0, 0.1) is 0 Å². The first-order valence-electron chi connectivity index (χ1n) is 6.72. The van der Waals surface area contributed by atoms with Gasteiger partial charge < -0.3 is 9.26 Å². The Bertz CT molecular complexity index is 994. The lowest BCUT2D eigenvalue weighted by Gasteiger charge is -2.04. The number of rotatable bonds is 3. The molecule has 23 heavy (non-hydrogen) atoms. The lowest BCUT2D eigenvalue weighted by molar-refractivity contribution is 0.405. The van der Waals surface area contributed by atoms with Gasteiger partial charge in [0.25, 0.3) is 5.89 Å². The van der Waals surface area contributed by atoms with E-state index in [2.05, 4.69) is 20.3 Å². The predicted molar refractivity (Wildman–Crippen MR) is 83.3 cm³/mol. The van der Waals surface area contributed by atoms with Crippen LogP contribution in [-0.4, -0.2) is 31.8 Å². The van der Waals surface area contributed by atoms with E-state index < -0.39 is 0 Å². The zero-order chi connectivity index (χ0) is 15.8. The van der Waals surface area contributed by atoms with Gasteiger partial charge in [-0.15, -0.1) is 10.2 Å². The number of nitrogens with zero attached hydrogens (tertiary/aromatic N) is 5. The minimum Gasteiger partial charge on any atom is -0.496 e. The highest BCUT2D eigenvalue weighted by Gasteiger charge is 2.15. The molecule has 4 aromatic rings. The molecular weight excluding hydrogens is 318 g/mol. The maximum Gasteiger partial charge on any atom is 0.262 e. The van der Waals surface area contributed by atoms with Crippen molar-refractivity contribution in [2.24, 2.45) is 0 Å². The molecule has 3 aromatic heterocycles. The Morgan fingerprint density at radius 3 is 3.00 bits per heavy atom. The summed E-state index contributed by atoms with van der Waals surface area (Å²) in [6.07, 6.45) is 3.46. The molecule has 114 valence electrons. The minimum atomic E-state index is 0.334. The standard InChI is InChI=1S/C15H10ClN5O2/c1-22-12-3-2-10(16)7-11(12)15-18-14(20-23-15)9-4-5-21-8-17-19-13(21)6-9/h2-8H,1H3. The Kier molecular flexibility index (Phi) is 3.20. The van der Waals surface area contributed by atoms with Crippen molar-refractivity contribution in [2.75, 3.05) is 7.11 Å². The minimum absolute atomic E-state index is 0.334. The summed E-state index contributed by atoms with van der Waals surface area (Å²) in [4.78, 5) is 4.42. The van der Waals surface area contributed by atoms with Gasteiger partial charge in [-0.05, 0) is 30.3 Å². The topological polar surface area (TPSA) is 78.3 Å². The number of aromatic nitrogens is 5. The third-order valence-electron chi connectivity index (χ3n) is 3.38. The number of benzene rings is 1. The van der Waals surface area contributed by atoms with E-state index in [9.17, 15) is 0 Å². The van der Waals surface area contributed by atoms with Gasteiger partial charge in [0.2, 0.25) is 5.82 Å². The first kappa shape index (κ1) is 13.7. The average Bonchev–Trinajstić information content (AvgIpc) is 3.23. The summed E-state index contributed by atoms with van der Waals surface area (Å²) in [5, 5.41) is 12.4. The van der Waals surface area contributed by atoms with Crippen LogP contribution in [0.4, 0.5) is 0 Å². The Balaban J connectivity index is 1.78. The monoisotopic (exact) mass is 327 g/mol. The van der Waals surface area contributed by atoms with E-state index in [0.717, 1.165) is 5.56 Å². The molecule has 0 fully saturated rings. The molecule has 0 aliphatic rings. The van der Waals surface area contributed by atoms with Gasteiger partial charge in [-0.3, -0.25) is 4.40 Å². The lowest BCUT2D eigenvalue weighted by Crippen LogP contribution is -1.89. The molecule has 4 rings (SSSR count). The lowest BCUT2D eigenvalue weighted by atomic mass is 10.2. The van der Waals surface area contributed by atoms with E-state index in [0.29, 0.717) is 33.7 Å². The number of pyridine rings is 1. The van der Waals surface area contributed by atoms with Crippen LogP contribution >= 0.6 is 11.6 Å². The first-order valence-corrected chi connectivity index (χ1v) is 7.10. The van der Waals surface area contributed by atoms with Crippen molar-refractivity contribution in [2.45, 2.75) is 0 Å². The van der Waals surface area contributed by atoms with Crippen molar-refractivity contribution in [1.29, 1.82) is 0 Å². The van der Waals surface area contributed by atoms with E-state index in [1.54, 1.807) is 36.0 Å². The molecule has 0 N–H and O–H groups in total. The highest BCUT2D eigenvalue weighted by molar-refractivity contribution is 6.30. The zero-order valence-electron chi connectivity index (χ0n) is 12.0. The third-order valence-corrected chi connectivity index (χ3v) is 3.61. The van der Waals surface area contributed by atoms with Crippen molar-refractivity contribution in [3.05, 3.63) is 47.9 Å². The van der Waals surface area contributed by atoms with Crippen molar-refractivity contribution in [1.82, 2.24) is 24.7 Å². The van der Waals surface area contributed by atoms with E-state index in [-0.39, 0.29) is 0 Å². The van der Waals surface area contributed by atoms with Crippen LogP contribution in [0.3, 0.4) is 0 Å². The van der Waals surface area contributed by atoms with Gasteiger partial charge in [-0.1, -0.05) is 16.8 Å². The Morgan fingerprint density at radius 1 is 1.22 bits per heavy atom. The maximum absolute atomic E-state index is 6.04. The van der Waals surface area contributed by atoms with Gasteiger partial charge in [-0.2, -0.15) is 4.98 Å². The molecule has 0 saturated carbocycles. The Morgan fingerprint density at radius 2 is 2.13 bits per heavy atom. The number of fused-ring (bicyclic) bond motifs is 1. The highest BCUT2D eigenvalue weighted by atomic mass is 35.5. The number of ether oxygens (including phenoxy) is 1. The van der Waals surface area contributed by atoms with E-state index in [1.165, 1.54) is 0 Å². The van der Waals surface area contributed by atoms with Gasteiger partial charge in [0.1, 0.15) is 12.1 Å². The summed E-state index contributed by atoms with van der Waals surface area (Å²) in [6.45, 7) is 0. The summed E-state index contributed by atoms with van der Waals surface area (Å²) < 4.78 is 12.5. The molecule has 1 aromatic carbocycles. The van der Waals surface area contributed by atoms with Crippen molar-refractivity contribution < 1.29 is 9.26 Å². The van der Waals surface area contributed by atoms with Crippen molar-refractivity contribution in [3.8, 4) is 28.6 Å². The maximum atomic E-state index is 6.04. The predicted octanol–water partition coefficient (Wildman–Crippen LogP) is 3.11. The second kappa shape index (κ2) is 5.36. The summed E-state index contributed by atoms with van der Waals surface area (Å²) in [5.74, 6) is 1.39. The molecule has 3 heterocycles. The van der Waals surface area contributed by atoms with Crippen LogP contribution in [-0.2, 0) is 0 Å². The zero-order valence-corrected chi connectivity index (χ0v) is 12.7. The van der Waals surface area contributed by atoms with Gasteiger partial charge in [0.05, 0.1) is 12.7 Å². The highest BCUT2D eigenvalue weighted by Crippen LogP contribution is 2.32. The Labute approximate surface area is 135 Å². The molecular formula is C15H10ClN5O2. The fraction of sp³-hybridized carbons (Fsp3) is 0.0667. The van der Waals surface area contributed by atoms with Crippen molar-refractivity contribution >= 4 is 17.2 Å². The molecule has 0 saturated heterocycles. The van der Waals surface area contributed by atoms with Crippen LogP contribution in [0.5, 0.6) is 5.75 Å². The van der Waals surface area contributed by atoms with E-state index in [1.807, 2.05) is 18.3 Å². The molecule has 8 heteroatoms. The number of hydrogen-bond donors (Lipinski definition) is 0. The molecule has 0 unspecified atom stereocenters. The second-order valence-electron chi connectivity index (χ2n) is 4.78. The SMILES string of the molecule is COc1ccc(Cl)cc1-c1nc(-c2ccn3cnnc3c2)no1. The van der Waals surface area contributed by atoms with E-state index in [4.69, 9.17) is 20.9 Å². The normalized spacial score (nSPS) is 11.0. The van der Waals surface area contributed by atoms with Crippen LogP contribution in [0.25, 0.3) is 28.5 Å². The summed E-state index contributed by atoms with van der Waals surface area (Å²) >= 11 is 6.04. The summed E-state index contributed by atoms with van der Waals surface area (Å²) in [6, 6.07) is 8.90. The van der Waals surface area contributed by atoms with Crippen LogP contribution in [0.1, 0.15) is 0 Å². The number of hydrogen-bond acceptors (Lipinski definition) is 6. The van der Waals surface area contributed by atoms with Crippen LogP contribution in [0.2, 0.25) is 5.02 Å². The molecule has 0 atom stereocenters. The van der Waals surface area contributed by atoms with Gasteiger partial charge >= 0.3 is 0 Å². The first-order chi connectivity index (χ1) is 11.2. The Hall–Kier alpha value is -2.93. The summed E-state index contributed by atoms with van der Waals surface area (Å²) in [7, 11) is 1.57. The molecule has 0 aliphatic heterocycles. The molecule has 7 nitrogen and oxygen atoms in total. The van der Waals surface area contributed by atoms with Gasteiger partial charge in [0.15, 0.2) is 5.65 Å². The van der Waals surface area contributed by atoms with Crippen molar-refractivity contribution in [3.63, 3.8) is 0 Å². The molecule has 0 radical (unpaired) electrons. The van der Waals surface area contributed by atoms with Gasteiger partial charge in [0, 0.05) is 16.8 Å². The third kappa shape index (κ3) is 2.40. The number of halogens is 1. The van der Waals surface area contributed by atoms with Crippen LogP contribution < -0.4 is 4.74 Å². The smallest absolute Gasteiger partial charge is 0.262 e. The average molecular weight is 328 g/mol. The molecule has 0 bridgehead atoms. The molecule has 0 amide bonds. The van der Waals surface area contributed by atoms with Crippen LogP contribution in [0.15, 0.2) is 47.4 Å². The molecule has 0 spiro atoms. The quantitative estimate of drug-likeness (QED) is 0.575. The summed E-state index contributed by atoms with van der Waals surface area (Å²) in [5.41, 5.74) is 2.12. The second-order valence-corrected chi connectivity index (χ2v) is 5.22. The fourth-order valence-corrected chi connectivity index (χ4v) is 2.43. The largest absolute Gasteiger partial charge is 0.496 e. The molecule has 0 aliphatic carbocycles. The van der Waals surface area contributed by atoms with E-state index >= 15 is 0 Å².